The number of nitrogens with one attached hydrogen (secondary N) is 1. The summed E-state index contributed by atoms with van der Waals surface area (Å²) in [4.78, 5) is 29.5. The standard InChI is InChI=1S/C29H29N5O4S/c1-20-6-5-7-21(18-20)28(36)34-16-14-33(15-17-34)23-12-10-22(11-13-23)30-26(35)19-39-29-32-31-27(38-29)24-8-3-4-9-25(24)37-2/h3-13,18H,14-17,19H2,1-2H3,(H,30,35). The zero-order valence-corrected chi connectivity index (χ0v) is 22.6. The summed E-state index contributed by atoms with van der Waals surface area (Å²) < 4.78 is 11.0. The van der Waals surface area contributed by atoms with Crippen LogP contribution >= 0.6 is 11.8 Å². The molecule has 1 N–H and O–H groups in total. The summed E-state index contributed by atoms with van der Waals surface area (Å²) >= 11 is 1.17. The fourth-order valence-corrected chi connectivity index (χ4v) is 4.97. The number of carbonyl (C=O) groups is 2. The average Bonchev–Trinajstić information content (AvgIpc) is 3.45. The van der Waals surface area contributed by atoms with E-state index in [1.54, 1.807) is 7.11 Å². The molecule has 1 aromatic heterocycles. The van der Waals surface area contributed by atoms with Crippen molar-refractivity contribution >= 4 is 35.0 Å². The van der Waals surface area contributed by atoms with Crippen LogP contribution in [-0.4, -0.2) is 66.0 Å². The predicted molar refractivity (Wildman–Crippen MR) is 151 cm³/mol. The van der Waals surface area contributed by atoms with E-state index in [9.17, 15) is 9.59 Å². The summed E-state index contributed by atoms with van der Waals surface area (Å²) in [5.41, 5.74) is 4.27. The first-order valence-corrected chi connectivity index (χ1v) is 13.6. The van der Waals surface area contributed by atoms with Crippen LogP contribution in [0.25, 0.3) is 11.5 Å². The molecular weight excluding hydrogens is 514 g/mol. The third-order valence-electron chi connectivity index (χ3n) is 6.42. The topological polar surface area (TPSA) is 101 Å². The Bertz CT molecular complexity index is 1450. The van der Waals surface area contributed by atoms with Crippen LogP contribution in [0.4, 0.5) is 11.4 Å². The predicted octanol–water partition coefficient (Wildman–Crippen LogP) is 4.75. The van der Waals surface area contributed by atoms with Crippen LogP contribution in [0.15, 0.2) is 82.4 Å². The van der Waals surface area contributed by atoms with Crippen LogP contribution in [0.3, 0.4) is 0 Å². The number of ether oxygens (including phenoxy) is 1. The van der Waals surface area contributed by atoms with Gasteiger partial charge in [-0.05, 0) is 55.5 Å². The van der Waals surface area contributed by atoms with Crippen molar-refractivity contribution in [1.82, 2.24) is 15.1 Å². The molecule has 0 spiro atoms. The van der Waals surface area contributed by atoms with Crippen molar-refractivity contribution in [3.05, 3.63) is 83.9 Å². The third kappa shape index (κ3) is 6.40. The molecular formula is C29H29N5O4S. The Kier molecular flexibility index (Phi) is 8.12. The molecule has 0 aliphatic carbocycles. The summed E-state index contributed by atoms with van der Waals surface area (Å²) in [6.07, 6.45) is 0. The van der Waals surface area contributed by atoms with E-state index in [0.29, 0.717) is 41.2 Å². The number of piperazine rings is 1. The van der Waals surface area contributed by atoms with Gasteiger partial charge in [0, 0.05) is 43.1 Å². The second-order valence-electron chi connectivity index (χ2n) is 9.11. The lowest BCUT2D eigenvalue weighted by Crippen LogP contribution is -2.48. The smallest absolute Gasteiger partial charge is 0.277 e. The molecule has 4 aromatic rings. The van der Waals surface area contributed by atoms with Crippen molar-refractivity contribution in [2.45, 2.75) is 12.1 Å². The minimum Gasteiger partial charge on any atom is -0.496 e. The molecule has 3 aromatic carbocycles. The van der Waals surface area contributed by atoms with Crippen LogP contribution < -0.4 is 15.0 Å². The van der Waals surface area contributed by atoms with Crippen molar-refractivity contribution in [2.75, 3.05) is 49.3 Å². The number of rotatable bonds is 8. The van der Waals surface area contributed by atoms with Crippen LogP contribution in [0.2, 0.25) is 0 Å². The fraction of sp³-hybridized carbons (Fsp3) is 0.241. The van der Waals surface area contributed by atoms with Gasteiger partial charge in [0.25, 0.3) is 17.0 Å². The summed E-state index contributed by atoms with van der Waals surface area (Å²) in [7, 11) is 1.58. The van der Waals surface area contributed by atoms with Gasteiger partial charge in [-0.25, -0.2) is 0 Å². The van der Waals surface area contributed by atoms with E-state index < -0.39 is 0 Å². The van der Waals surface area contributed by atoms with Gasteiger partial charge in [-0.2, -0.15) is 0 Å². The first-order chi connectivity index (χ1) is 19.0. The minimum absolute atomic E-state index is 0.0748. The second kappa shape index (κ2) is 12.0. The Morgan fingerprint density at radius 1 is 0.974 bits per heavy atom. The minimum atomic E-state index is -0.173. The molecule has 10 heteroatoms. The normalized spacial score (nSPS) is 13.3. The molecule has 1 aliphatic heterocycles. The molecule has 1 aliphatic rings. The van der Waals surface area contributed by atoms with Gasteiger partial charge >= 0.3 is 0 Å². The first-order valence-electron chi connectivity index (χ1n) is 12.6. The van der Waals surface area contributed by atoms with E-state index in [1.807, 2.05) is 84.6 Å². The van der Waals surface area contributed by atoms with Gasteiger partial charge in [-0.1, -0.05) is 41.6 Å². The molecule has 39 heavy (non-hydrogen) atoms. The monoisotopic (exact) mass is 543 g/mol. The quantitative estimate of drug-likeness (QED) is 0.318. The molecule has 200 valence electrons. The van der Waals surface area contributed by atoms with Gasteiger partial charge in [0.1, 0.15) is 5.75 Å². The van der Waals surface area contributed by atoms with E-state index in [2.05, 4.69) is 20.4 Å². The number of amides is 2. The number of hydrogen-bond acceptors (Lipinski definition) is 8. The zero-order chi connectivity index (χ0) is 27.2. The second-order valence-corrected chi connectivity index (χ2v) is 10.0. The highest BCUT2D eigenvalue weighted by molar-refractivity contribution is 7.99. The number of para-hydroxylation sites is 1. The Balaban J connectivity index is 1.09. The van der Waals surface area contributed by atoms with Gasteiger partial charge in [-0.15, -0.1) is 10.2 Å². The largest absolute Gasteiger partial charge is 0.496 e. The van der Waals surface area contributed by atoms with E-state index in [4.69, 9.17) is 9.15 Å². The Morgan fingerprint density at radius 2 is 1.74 bits per heavy atom. The number of thioether (sulfide) groups is 1. The molecule has 2 heterocycles. The average molecular weight is 544 g/mol. The number of aromatic nitrogens is 2. The van der Waals surface area contributed by atoms with E-state index in [0.717, 1.165) is 29.9 Å². The molecule has 9 nitrogen and oxygen atoms in total. The number of benzene rings is 3. The van der Waals surface area contributed by atoms with Crippen LogP contribution in [0.1, 0.15) is 15.9 Å². The summed E-state index contributed by atoms with van der Waals surface area (Å²) in [5.74, 6) is 1.01. The van der Waals surface area contributed by atoms with Crippen molar-refractivity contribution in [3.63, 3.8) is 0 Å². The van der Waals surface area contributed by atoms with Crippen molar-refractivity contribution in [3.8, 4) is 17.2 Å². The number of hydrogen-bond donors (Lipinski definition) is 1. The molecule has 0 bridgehead atoms. The summed E-state index contributed by atoms with van der Waals surface area (Å²) in [6.45, 7) is 4.82. The highest BCUT2D eigenvalue weighted by Gasteiger charge is 2.22. The Labute approximate surface area is 231 Å². The van der Waals surface area contributed by atoms with Gasteiger partial charge in [-0.3, -0.25) is 9.59 Å². The number of aryl methyl sites for hydroxylation is 1. The number of anilines is 2. The Morgan fingerprint density at radius 3 is 2.49 bits per heavy atom. The molecule has 0 radical (unpaired) electrons. The van der Waals surface area contributed by atoms with Gasteiger partial charge in [0.2, 0.25) is 5.91 Å². The maximum Gasteiger partial charge on any atom is 0.277 e. The highest BCUT2D eigenvalue weighted by Crippen LogP contribution is 2.30. The lowest BCUT2D eigenvalue weighted by Gasteiger charge is -2.36. The number of carbonyl (C=O) groups excluding carboxylic acids is 2. The molecule has 0 unspecified atom stereocenters. The van der Waals surface area contributed by atoms with Crippen LogP contribution in [-0.2, 0) is 4.79 Å². The maximum atomic E-state index is 12.8. The summed E-state index contributed by atoms with van der Waals surface area (Å²) in [6, 6.07) is 22.8. The molecule has 1 saturated heterocycles. The fourth-order valence-electron chi connectivity index (χ4n) is 4.41. The van der Waals surface area contributed by atoms with Crippen LogP contribution in [0.5, 0.6) is 5.75 Å². The van der Waals surface area contributed by atoms with Crippen LogP contribution in [0, 0.1) is 6.92 Å². The third-order valence-corrected chi connectivity index (χ3v) is 7.24. The molecule has 1 fully saturated rings. The van der Waals surface area contributed by atoms with Crippen molar-refractivity contribution in [2.24, 2.45) is 0 Å². The number of methoxy groups -OCH3 is 1. The Hall–Kier alpha value is -4.31. The van der Waals surface area contributed by atoms with E-state index >= 15 is 0 Å². The maximum absolute atomic E-state index is 12.8. The molecule has 2 amide bonds. The molecule has 5 rings (SSSR count). The highest BCUT2D eigenvalue weighted by atomic mass is 32.2. The van der Waals surface area contributed by atoms with Crippen molar-refractivity contribution < 1.29 is 18.7 Å². The lowest BCUT2D eigenvalue weighted by atomic mass is 10.1. The molecule has 0 atom stereocenters. The SMILES string of the molecule is COc1ccccc1-c1nnc(SCC(=O)Nc2ccc(N3CCN(C(=O)c4cccc(C)c4)CC3)cc2)o1. The van der Waals surface area contributed by atoms with Gasteiger partial charge in [0.15, 0.2) is 0 Å². The number of nitrogens with zero attached hydrogens (tertiary/aromatic N) is 4. The zero-order valence-electron chi connectivity index (χ0n) is 21.8. The first kappa shape index (κ1) is 26.3. The lowest BCUT2D eigenvalue weighted by molar-refractivity contribution is -0.113. The molecule has 0 saturated carbocycles. The van der Waals surface area contributed by atoms with E-state index in [-0.39, 0.29) is 17.6 Å². The summed E-state index contributed by atoms with van der Waals surface area (Å²) in [5, 5.41) is 11.3. The van der Waals surface area contributed by atoms with Crippen molar-refractivity contribution in [1.29, 1.82) is 0 Å². The van der Waals surface area contributed by atoms with Gasteiger partial charge in [0.05, 0.1) is 18.4 Å². The van der Waals surface area contributed by atoms with Gasteiger partial charge < -0.3 is 24.3 Å². The van der Waals surface area contributed by atoms with E-state index in [1.165, 1.54) is 11.8 Å².